The number of thiazole rings is 1. The summed E-state index contributed by atoms with van der Waals surface area (Å²) in [5, 5.41) is 12.6. The lowest BCUT2D eigenvalue weighted by Crippen LogP contribution is -2.26. The zero-order chi connectivity index (χ0) is 17.4. The number of hydroxylamine groups is 1. The first-order chi connectivity index (χ1) is 10.7. The molecule has 0 aliphatic heterocycles. The molecule has 0 radical (unpaired) electrons. The quantitative estimate of drug-likeness (QED) is 0.695. The van der Waals surface area contributed by atoms with E-state index in [-0.39, 0.29) is 16.7 Å². The number of carbonyl (C=O) groups is 1. The highest BCUT2D eigenvalue weighted by molar-refractivity contribution is 9.11. The molecule has 2 aromatic heterocycles. The third kappa shape index (κ3) is 3.80. The van der Waals surface area contributed by atoms with Gasteiger partial charge in [-0.3, -0.25) is 10.0 Å². The number of nitrogens with one attached hydrogen (secondary N) is 1. The van der Waals surface area contributed by atoms with Gasteiger partial charge in [0.25, 0.3) is 10.0 Å². The number of thiophene rings is 1. The van der Waals surface area contributed by atoms with Crippen LogP contribution in [0.15, 0.2) is 14.1 Å². The van der Waals surface area contributed by atoms with Crippen LogP contribution in [0.5, 0.6) is 0 Å². The molecule has 0 fully saturated rings. The molecule has 2 heterocycles. The van der Waals surface area contributed by atoms with Crippen molar-refractivity contribution in [3.8, 4) is 10.4 Å². The van der Waals surface area contributed by atoms with Gasteiger partial charge in [-0.2, -0.15) is 0 Å². The van der Waals surface area contributed by atoms with Crippen molar-refractivity contribution in [3.63, 3.8) is 0 Å². The molecule has 0 atom stereocenters. The van der Waals surface area contributed by atoms with Gasteiger partial charge in [-0.05, 0) is 35.8 Å². The molecule has 11 heteroatoms. The van der Waals surface area contributed by atoms with E-state index >= 15 is 0 Å². The number of nitrogens with zero attached hydrogens (tertiary/aromatic N) is 2. The molecular formula is C12H14BrN3O4S3. The first-order valence-electron chi connectivity index (χ1n) is 6.43. The van der Waals surface area contributed by atoms with Crippen LogP contribution in [-0.2, 0) is 14.8 Å². The third-order valence-corrected chi connectivity index (χ3v) is 7.85. The number of aromatic nitrogens is 1. The molecule has 0 aromatic carbocycles. The molecular weight excluding hydrogens is 426 g/mol. The van der Waals surface area contributed by atoms with Gasteiger partial charge in [0.2, 0.25) is 5.91 Å². The number of hydrogen-bond donors (Lipinski definition) is 2. The Balaban J connectivity index is 2.47. The third-order valence-electron chi connectivity index (χ3n) is 2.79. The van der Waals surface area contributed by atoms with E-state index in [0.717, 1.165) is 16.2 Å². The summed E-state index contributed by atoms with van der Waals surface area (Å²) in [6.07, 6.45) is 0. The van der Waals surface area contributed by atoms with E-state index in [2.05, 4.69) is 26.2 Å². The second-order valence-corrected chi connectivity index (χ2v) is 9.95. The second kappa shape index (κ2) is 6.95. The summed E-state index contributed by atoms with van der Waals surface area (Å²) < 4.78 is 25.3. The fourth-order valence-corrected chi connectivity index (χ4v) is 6.51. The highest BCUT2D eigenvalue weighted by Gasteiger charge is 2.26. The lowest BCUT2D eigenvalue weighted by Gasteiger charge is -2.10. The molecule has 2 aromatic rings. The van der Waals surface area contributed by atoms with E-state index in [1.54, 1.807) is 6.92 Å². The molecule has 2 rings (SSSR count). The Hall–Kier alpha value is -0.850. The average Bonchev–Trinajstić information content (AvgIpc) is 3.00. The van der Waals surface area contributed by atoms with Crippen LogP contribution in [0.25, 0.3) is 10.4 Å². The highest BCUT2D eigenvalue weighted by Crippen LogP contribution is 2.43. The molecule has 0 spiro atoms. The Morgan fingerprint density at radius 1 is 1.48 bits per heavy atom. The number of anilines is 1. The Bertz CT molecular complexity index is 844. The molecule has 23 heavy (non-hydrogen) atoms. The van der Waals surface area contributed by atoms with Gasteiger partial charge in [0.1, 0.15) is 4.21 Å². The largest absolute Gasteiger partial charge is 0.302 e. The average molecular weight is 440 g/mol. The van der Waals surface area contributed by atoms with E-state index < -0.39 is 10.0 Å². The number of carbonyl (C=O) groups excluding carboxylic acids is 1. The van der Waals surface area contributed by atoms with Crippen molar-refractivity contribution in [2.45, 2.75) is 25.0 Å². The van der Waals surface area contributed by atoms with Crippen LogP contribution in [0.4, 0.5) is 5.13 Å². The van der Waals surface area contributed by atoms with Crippen LogP contribution in [0.2, 0.25) is 0 Å². The van der Waals surface area contributed by atoms with Crippen molar-refractivity contribution in [1.29, 1.82) is 0 Å². The van der Waals surface area contributed by atoms with E-state index in [0.29, 0.717) is 24.6 Å². The maximum atomic E-state index is 12.2. The number of rotatable bonds is 5. The molecule has 0 bridgehead atoms. The van der Waals surface area contributed by atoms with Gasteiger partial charge in [0.05, 0.1) is 14.4 Å². The molecule has 0 unspecified atom stereocenters. The molecule has 0 aliphatic rings. The standard InChI is InChI=1S/C12H14BrN3O4S3/c1-4-16(18)23(19,20)9-5-8(11(13)21-9)10-6(2)14-12(22-10)15-7(3)17/h5,18H,4H2,1-3H3,(H,14,15,17). The number of sulfonamides is 1. The van der Waals surface area contributed by atoms with Gasteiger partial charge >= 0.3 is 0 Å². The van der Waals surface area contributed by atoms with Gasteiger partial charge in [0.15, 0.2) is 5.13 Å². The normalized spacial score (nSPS) is 11.9. The van der Waals surface area contributed by atoms with Gasteiger partial charge in [-0.25, -0.2) is 13.4 Å². The second-order valence-electron chi connectivity index (χ2n) is 4.51. The molecule has 2 N–H and O–H groups in total. The monoisotopic (exact) mass is 439 g/mol. The minimum absolute atomic E-state index is 0.0256. The minimum Gasteiger partial charge on any atom is -0.302 e. The maximum Gasteiger partial charge on any atom is 0.274 e. The first-order valence-corrected chi connectivity index (χ1v) is 10.3. The summed E-state index contributed by atoms with van der Waals surface area (Å²) in [4.78, 5) is 16.1. The predicted molar refractivity (Wildman–Crippen MR) is 93.5 cm³/mol. The van der Waals surface area contributed by atoms with Crippen molar-refractivity contribution in [2.75, 3.05) is 11.9 Å². The van der Waals surface area contributed by atoms with Crippen LogP contribution in [0, 0.1) is 6.92 Å². The lowest BCUT2D eigenvalue weighted by atomic mass is 10.2. The van der Waals surface area contributed by atoms with Crippen molar-refractivity contribution in [2.24, 2.45) is 0 Å². The molecule has 0 saturated carbocycles. The number of aryl methyl sites for hydroxylation is 1. The van der Waals surface area contributed by atoms with Gasteiger partial charge < -0.3 is 5.32 Å². The van der Waals surface area contributed by atoms with E-state index in [1.165, 1.54) is 31.3 Å². The summed E-state index contributed by atoms with van der Waals surface area (Å²) in [6, 6.07) is 1.49. The van der Waals surface area contributed by atoms with Crippen molar-refractivity contribution in [1.82, 2.24) is 9.45 Å². The zero-order valence-electron chi connectivity index (χ0n) is 12.5. The Kier molecular flexibility index (Phi) is 5.59. The lowest BCUT2D eigenvalue weighted by molar-refractivity contribution is -0.114. The highest BCUT2D eigenvalue weighted by atomic mass is 79.9. The molecule has 126 valence electrons. The first kappa shape index (κ1) is 18.5. The number of amides is 1. The Labute approximate surface area is 150 Å². The Morgan fingerprint density at radius 3 is 2.70 bits per heavy atom. The van der Waals surface area contributed by atoms with Gasteiger partial charge in [0, 0.05) is 19.0 Å². The van der Waals surface area contributed by atoms with Crippen LogP contribution < -0.4 is 5.32 Å². The van der Waals surface area contributed by atoms with Crippen molar-refractivity contribution >= 4 is 59.7 Å². The van der Waals surface area contributed by atoms with E-state index in [9.17, 15) is 18.4 Å². The summed E-state index contributed by atoms with van der Waals surface area (Å²) in [7, 11) is -3.93. The topological polar surface area (TPSA) is 99.6 Å². The maximum absolute atomic E-state index is 12.2. The summed E-state index contributed by atoms with van der Waals surface area (Å²) in [5.41, 5.74) is 1.34. The van der Waals surface area contributed by atoms with Crippen LogP contribution in [0.3, 0.4) is 0 Å². The van der Waals surface area contributed by atoms with Crippen molar-refractivity contribution < 1.29 is 18.4 Å². The minimum atomic E-state index is -3.93. The van der Waals surface area contributed by atoms with Crippen LogP contribution in [-0.4, -0.2) is 35.5 Å². The Morgan fingerprint density at radius 2 is 2.13 bits per heavy atom. The van der Waals surface area contributed by atoms with Gasteiger partial charge in [-0.1, -0.05) is 15.8 Å². The molecule has 1 amide bonds. The van der Waals surface area contributed by atoms with E-state index in [1.807, 2.05) is 0 Å². The molecule has 0 saturated heterocycles. The summed E-state index contributed by atoms with van der Waals surface area (Å²) in [6.45, 7) is 4.66. The number of halogens is 1. The summed E-state index contributed by atoms with van der Waals surface area (Å²) >= 11 is 5.62. The fourth-order valence-electron chi connectivity index (χ4n) is 1.75. The van der Waals surface area contributed by atoms with E-state index in [4.69, 9.17) is 0 Å². The van der Waals surface area contributed by atoms with Crippen molar-refractivity contribution in [3.05, 3.63) is 15.5 Å². The fraction of sp³-hybridized carbons (Fsp3) is 0.333. The zero-order valence-corrected chi connectivity index (χ0v) is 16.5. The smallest absolute Gasteiger partial charge is 0.274 e. The van der Waals surface area contributed by atoms with Crippen LogP contribution in [0.1, 0.15) is 19.5 Å². The molecule has 0 aliphatic carbocycles. The predicted octanol–water partition coefficient (Wildman–Crippen LogP) is 3.30. The van der Waals surface area contributed by atoms with Crippen LogP contribution >= 0.6 is 38.6 Å². The van der Waals surface area contributed by atoms with Gasteiger partial charge in [-0.15, -0.1) is 11.3 Å². The number of hydrogen-bond acceptors (Lipinski definition) is 7. The molecule has 7 nitrogen and oxygen atoms in total. The summed E-state index contributed by atoms with van der Waals surface area (Å²) in [5.74, 6) is -0.225. The SMILES string of the molecule is CCN(O)S(=O)(=O)c1cc(-c2sc(NC(C)=O)nc2C)c(Br)s1.